The summed E-state index contributed by atoms with van der Waals surface area (Å²) in [7, 11) is 0. The molecule has 2 amide bonds. The largest absolute Gasteiger partial charge is 0.355 e. The monoisotopic (exact) mass is 499 g/mol. The number of hydrogen-bond acceptors (Lipinski definition) is 3. The maximum atomic E-state index is 13.3. The van der Waals surface area contributed by atoms with Crippen molar-refractivity contribution in [3.05, 3.63) is 83.9 Å². The van der Waals surface area contributed by atoms with Gasteiger partial charge in [0.1, 0.15) is 0 Å². The van der Waals surface area contributed by atoms with Gasteiger partial charge in [0.25, 0.3) is 5.91 Å². The summed E-state index contributed by atoms with van der Waals surface area (Å²) in [6, 6.07) is 24.2. The van der Waals surface area contributed by atoms with Gasteiger partial charge >= 0.3 is 0 Å². The smallest absolute Gasteiger partial charge is 0.252 e. The van der Waals surface area contributed by atoms with Gasteiger partial charge < -0.3 is 10.6 Å². The van der Waals surface area contributed by atoms with E-state index in [1.165, 1.54) is 5.56 Å². The zero-order chi connectivity index (χ0) is 26.0. The van der Waals surface area contributed by atoms with Crippen LogP contribution >= 0.6 is 0 Å². The number of unbranched alkanes of at least 4 members (excludes halogenated alkanes) is 1. The third-order valence-electron chi connectivity index (χ3n) is 7.28. The summed E-state index contributed by atoms with van der Waals surface area (Å²) in [6.07, 6.45) is 5.85. The van der Waals surface area contributed by atoms with E-state index in [1.807, 2.05) is 48.5 Å². The fraction of sp³-hybridized carbons (Fsp3) is 0.438. The van der Waals surface area contributed by atoms with Crippen molar-refractivity contribution in [2.24, 2.45) is 5.92 Å². The third-order valence-corrected chi connectivity index (χ3v) is 7.28. The molecule has 0 bridgehead atoms. The third kappa shape index (κ3) is 7.65. The van der Waals surface area contributed by atoms with Crippen LogP contribution in [0.3, 0.4) is 0 Å². The number of aryl methyl sites for hydroxylation is 1. The fourth-order valence-electron chi connectivity index (χ4n) is 5.49. The molecule has 1 heterocycles. The van der Waals surface area contributed by atoms with Crippen LogP contribution in [-0.4, -0.2) is 48.4 Å². The number of nitrogens with one attached hydrogen (secondary N) is 2. The van der Waals surface area contributed by atoms with E-state index in [0.717, 1.165) is 55.8 Å². The molecule has 37 heavy (non-hydrogen) atoms. The highest BCUT2D eigenvalue weighted by Crippen LogP contribution is 2.21. The molecule has 4 rings (SSSR count). The highest BCUT2D eigenvalue weighted by Gasteiger charge is 2.32. The lowest BCUT2D eigenvalue weighted by atomic mass is 10.0. The van der Waals surface area contributed by atoms with E-state index >= 15 is 0 Å². The summed E-state index contributed by atoms with van der Waals surface area (Å²) in [5, 5.41) is 8.51. The molecule has 1 fully saturated rings. The van der Waals surface area contributed by atoms with Crippen LogP contribution in [0.15, 0.2) is 72.8 Å². The molecule has 1 saturated heterocycles. The lowest BCUT2D eigenvalue weighted by Gasteiger charge is -2.30. The lowest BCUT2D eigenvalue weighted by molar-refractivity contribution is -0.125. The Bertz CT molecular complexity index is 1160. The molecule has 1 aliphatic heterocycles. The number of hydrogen-bond donors (Lipinski definition) is 2. The van der Waals surface area contributed by atoms with Crippen LogP contribution < -0.4 is 10.6 Å². The second-order valence-electron chi connectivity index (χ2n) is 10.7. The summed E-state index contributed by atoms with van der Waals surface area (Å²) < 4.78 is 0. The van der Waals surface area contributed by atoms with Crippen molar-refractivity contribution in [2.75, 3.05) is 19.6 Å². The predicted octanol–water partition coefficient (Wildman–Crippen LogP) is 5.59. The second-order valence-corrected chi connectivity index (χ2v) is 10.7. The Labute approximate surface area is 221 Å². The Balaban J connectivity index is 1.31. The van der Waals surface area contributed by atoms with Crippen LogP contribution in [0.4, 0.5) is 0 Å². The zero-order valence-electron chi connectivity index (χ0n) is 22.3. The normalized spacial score (nSPS) is 16.7. The van der Waals surface area contributed by atoms with Gasteiger partial charge in [-0.2, -0.15) is 0 Å². The quantitative estimate of drug-likeness (QED) is 0.320. The molecule has 196 valence electrons. The van der Waals surface area contributed by atoms with E-state index in [-0.39, 0.29) is 23.9 Å². The van der Waals surface area contributed by atoms with Crippen molar-refractivity contribution < 1.29 is 9.59 Å². The standard InChI is InChI=1S/C32H41N3O2/c1-24(2)22-27(34-31(36)29-18-10-16-26-15-6-7-17-28(26)29)23-35-21-11-19-30(35)32(37)33-20-9-8-14-25-12-4-3-5-13-25/h3-7,10,12-13,15-18,24,27,30H,8-9,11,14,19-23H2,1-2H3,(H,33,37)(H,34,36)/t27-,30-/m0/s1. The van der Waals surface area contributed by atoms with Crippen molar-refractivity contribution in [3.63, 3.8) is 0 Å². The number of benzene rings is 3. The Kier molecular flexibility index (Phi) is 9.72. The highest BCUT2D eigenvalue weighted by atomic mass is 16.2. The topological polar surface area (TPSA) is 61.4 Å². The summed E-state index contributed by atoms with van der Waals surface area (Å²) in [5.41, 5.74) is 2.05. The number of likely N-dealkylation sites (tertiary alicyclic amines) is 1. The van der Waals surface area contributed by atoms with Gasteiger partial charge in [-0.05, 0) is 73.4 Å². The number of fused-ring (bicyclic) bond motifs is 1. The molecule has 2 atom stereocenters. The molecule has 0 spiro atoms. The number of amides is 2. The Morgan fingerprint density at radius 1 is 0.946 bits per heavy atom. The highest BCUT2D eigenvalue weighted by molar-refractivity contribution is 6.07. The first kappa shape index (κ1) is 26.9. The SMILES string of the molecule is CC(C)C[C@@H](CN1CCC[C@H]1C(=O)NCCCCc1ccccc1)NC(=O)c1cccc2ccccc12. The average molecular weight is 500 g/mol. The number of carbonyl (C=O) groups excluding carboxylic acids is 2. The first-order valence-electron chi connectivity index (χ1n) is 13.9. The first-order valence-corrected chi connectivity index (χ1v) is 13.9. The molecule has 0 aliphatic carbocycles. The predicted molar refractivity (Wildman–Crippen MR) is 152 cm³/mol. The lowest BCUT2D eigenvalue weighted by Crippen LogP contribution is -2.50. The van der Waals surface area contributed by atoms with E-state index in [1.54, 1.807) is 0 Å². The van der Waals surface area contributed by atoms with E-state index in [4.69, 9.17) is 0 Å². The molecule has 1 aliphatic rings. The number of nitrogens with zero attached hydrogens (tertiary/aromatic N) is 1. The molecule has 3 aromatic rings. The number of carbonyl (C=O) groups is 2. The molecule has 5 heteroatoms. The minimum absolute atomic E-state index is 0.00857. The van der Waals surface area contributed by atoms with Gasteiger partial charge in [0.05, 0.1) is 6.04 Å². The van der Waals surface area contributed by atoms with Gasteiger partial charge in [-0.25, -0.2) is 0 Å². The molecular formula is C32H41N3O2. The van der Waals surface area contributed by atoms with Gasteiger partial charge in [-0.1, -0.05) is 80.6 Å². The van der Waals surface area contributed by atoms with Gasteiger partial charge in [-0.15, -0.1) is 0 Å². The summed E-state index contributed by atoms with van der Waals surface area (Å²) in [4.78, 5) is 28.7. The second kappa shape index (κ2) is 13.4. The first-order chi connectivity index (χ1) is 18.0. The van der Waals surface area contributed by atoms with Crippen molar-refractivity contribution in [1.82, 2.24) is 15.5 Å². The molecule has 0 radical (unpaired) electrons. The summed E-state index contributed by atoms with van der Waals surface area (Å²) in [6.45, 7) is 6.66. The minimum atomic E-state index is -0.113. The Hall–Kier alpha value is -3.18. The van der Waals surface area contributed by atoms with Gasteiger partial charge in [-0.3, -0.25) is 14.5 Å². The maximum absolute atomic E-state index is 13.3. The van der Waals surface area contributed by atoms with Crippen molar-refractivity contribution >= 4 is 22.6 Å². The molecule has 0 aromatic heterocycles. The summed E-state index contributed by atoms with van der Waals surface area (Å²) in [5.74, 6) is 0.527. The maximum Gasteiger partial charge on any atom is 0.252 e. The molecule has 2 N–H and O–H groups in total. The zero-order valence-corrected chi connectivity index (χ0v) is 22.3. The number of rotatable bonds is 12. The Morgan fingerprint density at radius 3 is 2.51 bits per heavy atom. The van der Waals surface area contributed by atoms with E-state index in [2.05, 4.69) is 53.6 Å². The molecule has 0 unspecified atom stereocenters. The van der Waals surface area contributed by atoms with Crippen molar-refractivity contribution in [2.45, 2.75) is 64.5 Å². The van der Waals surface area contributed by atoms with E-state index < -0.39 is 0 Å². The fourth-order valence-corrected chi connectivity index (χ4v) is 5.49. The van der Waals surface area contributed by atoms with Crippen LogP contribution in [0, 0.1) is 5.92 Å². The molecule has 3 aromatic carbocycles. The molecule has 5 nitrogen and oxygen atoms in total. The van der Waals surface area contributed by atoms with Gasteiger partial charge in [0, 0.05) is 24.7 Å². The van der Waals surface area contributed by atoms with E-state index in [0.29, 0.717) is 24.6 Å². The van der Waals surface area contributed by atoms with E-state index in [9.17, 15) is 9.59 Å². The van der Waals surface area contributed by atoms with Crippen molar-refractivity contribution in [3.8, 4) is 0 Å². The molecular weight excluding hydrogens is 458 g/mol. The van der Waals surface area contributed by atoms with Crippen LogP contribution in [0.1, 0.15) is 61.9 Å². The summed E-state index contributed by atoms with van der Waals surface area (Å²) >= 11 is 0. The van der Waals surface area contributed by atoms with Gasteiger partial charge in [0.2, 0.25) is 5.91 Å². The van der Waals surface area contributed by atoms with Crippen molar-refractivity contribution in [1.29, 1.82) is 0 Å². The Morgan fingerprint density at radius 2 is 1.70 bits per heavy atom. The van der Waals surface area contributed by atoms with Crippen LogP contribution in [0.2, 0.25) is 0 Å². The van der Waals surface area contributed by atoms with Gasteiger partial charge in [0.15, 0.2) is 0 Å². The average Bonchev–Trinajstić information content (AvgIpc) is 3.36. The van der Waals surface area contributed by atoms with Crippen LogP contribution in [0.5, 0.6) is 0 Å². The van der Waals surface area contributed by atoms with Crippen LogP contribution in [0.25, 0.3) is 10.8 Å². The minimum Gasteiger partial charge on any atom is -0.355 e. The molecule has 0 saturated carbocycles. The van der Waals surface area contributed by atoms with Crippen LogP contribution in [-0.2, 0) is 11.2 Å².